The number of rotatable bonds is 7. The van der Waals surface area contributed by atoms with E-state index in [0.717, 1.165) is 15.6 Å². The molecule has 0 aromatic heterocycles. The lowest BCUT2D eigenvalue weighted by Crippen LogP contribution is -2.24. The van der Waals surface area contributed by atoms with Crippen LogP contribution >= 0.6 is 15.9 Å². The number of aliphatic imine (C=N–C) groups is 1. The molecule has 150 valence electrons. The van der Waals surface area contributed by atoms with Crippen molar-refractivity contribution < 1.29 is 17.9 Å². The fraction of sp³-hybridized carbons (Fsp3) is 0.333. The van der Waals surface area contributed by atoms with Gasteiger partial charge in [-0.15, -0.1) is 0 Å². The number of sulfone groups is 1. The fourth-order valence-corrected chi connectivity index (χ4v) is 3.62. The van der Waals surface area contributed by atoms with Crippen molar-refractivity contribution in [3.8, 4) is 0 Å². The van der Waals surface area contributed by atoms with E-state index in [9.17, 15) is 13.2 Å². The van der Waals surface area contributed by atoms with Crippen molar-refractivity contribution in [3.63, 3.8) is 0 Å². The highest BCUT2D eigenvalue weighted by Crippen LogP contribution is 2.20. The van der Waals surface area contributed by atoms with Crippen LogP contribution in [0.4, 0.5) is 0 Å². The van der Waals surface area contributed by atoms with Crippen molar-refractivity contribution in [2.45, 2.75) is 31.2 Å². The first-order valence-corrected chi connectivity index (χ1v) is 11.5. The molecule has 2 rings (SSSR count). The average molecular weight is 466 g/mol. The smallest absolute Gasteiger partial charge is 0.330 e. The molecule has 0 aliphatic heterocycles. The van der Waals surface area contributed by atoms with Crippen LogP contribution in [0, 0.1) is 5.92 Å². The van der Waals surface area contributed by atoms with Crippen LogP contribution in [0.3, 0.4) is 0 Å². The summed E-state index contributed by atoms with van der Waals surface area (Å²) < 4.78 is 29.4. The first-order valence-electron chi connectivity index (χ1n) is 8.84. The molecular formula is C21H24BrNO4S. The Hall–Kier alpha value is -1.99. The lowest BCUT2D eigenvalue weighted by atomic mass is 10.00. The number of hydrogen-bond acceptors (Lipinski definition) is 5. The highest BCUT2D eigenvalue weighted by molar-refractivity contribution is 9.10. The van der Waals surface area contributed by atoms with Crippen LogP contribution in [0.5, 0.6) is 0 Å². The molecule has 0 N–H and O–H groups in total. The van der Waals surface area contributed by atoms with Crippen molar-refractivity contribution in [2.24, 2.45) is 10.9 Å². The zero-order chi connectivity index (χ0) is 20.9. The summed E-state index contributed by atoms with van der Waals surface area (Å²) in [5.74, 6) is -0.136. The molecule has 0 bridgehead atoms. The van der Waals surface area contributed by atoms with Gasteiger partial charge >= 0.3 is 5.97 Å². The highest BCUT2D eigenvalue weighted by Gasteiger charge is 2.22. The van der Waals surface area contributed by atoms with Gasteiger partial charge in [-0.1, -0.05) is 54.0 Å². The Morgan fingerprint density at radius 1 is 1.04 bits per heavy atom. The second-order valence-electron chi connectivity index (χ2n) is 6.95. The van der Waals surface area contributed by atoms with Crippen molar-refractivity contribution in [1.29, 1.82) is 0 Å². The fourth-order valence-electron chi connectivity index (χ4n) is 2.72. The third kappa shape index (κ3) is 6.01. The SMILES string of the molecule is COC(=O)C(CC(C)C)N=C(c1ccc(Br)cc1)c1ccc(S(C)(=O)=O)cc1. The second-order valence-corrected chi connectivity index (χ2v) is 9.88. The highest BCUT2D eigenvalue weighted by atomic mass is 79.9. The van der Waals surface area contributed by atoms with Crippen molar-refractivity contribution in [1.82, 2.24) is 0 Å². The lowest BCUT2D eigenvalue weighted by molar-refractivity contribution is -0.142. The summed E-state index contributed by atoms with van der Waals surface area (Å²) in [6.07, 6.45) is 1.72. The second kappa shape index (κ2) is 9.47. The molecule has 28 heavy (non-hydrogen) atoms. The standard InChI is InChI=1S/C21H24BrNO4S/c1-14(2)13-19(21(24)27-3)23-20(15-5-9-17(22)10-6-15)16-7-11-18(12-8-16)28(4,25)26/h5-12,14,19H,13H2,1-4H3. The first-order chi connectivity index (χ1) is 13.1. The number of carbonyl (C=O) groups is 1. The van der Waals surface area contributed by atoms with Gasteiger partial charge < -0.3 is 4.74 Å². The Morgan fingerprint density at radius 2 is 1.54 bits per heavy atom. The number of halogens is 1. The minimum absolute atomic E-state index is 0.234. The molecule has 0 aliphatic carbocycles. The summed E-state index contributed by atoms with van der Waals surface area (Å²) in [7, 11) is -1.94. The van der Waals surface area contributed by atoms with Gasteiger partial charge in [0.25, 0.3) is 0 Å². The van der Waals surface area contributed by atoms with Gasteiger partial charge in [-0.05, 0) is 36.6 Å². The minimum Gasteiger partial charge on any atom is -0.467 e. The Bertz CT molecular complexity index is 949. The molecular weight excluding hydrogens is 442 g/mol. The van der Waals surface area contributed by atoms with Crippen LogP contribution in [0.25, 0.3) is 0 Å². The average Bonchev–Trinajstić information content (AvgIpc) is 2.64. The molecule has 1 unspecified atom stereocenters. The van der Waals surface area contributed by atoms with Gasteiger partial charge in [0.05, 0.1) is 17.7 Å². The minimum atomic E-state index is -3.29. The summed E-state index contributed by atoms with van der Waals surface area (Å²) >= 11 is 3.42. The normalized spacial score (nSPS) is 13.4. The Balaban J connectivity index is 2.58. The largest absolute Gasteiger partial charge is 0.467 e. The van der Waals surface area contributed by atoms with E-state index in [4.69, 9.17) is 9.73 Å². The zero-order valence-electron chi connectivity index (χ0n) is 16.3. The molecule has 5 nitrogen and oxygen atoms in total. The number of ether oxygens (including phenoxy) is 1. The van der Waals surface area contributed by atoms with Crippen LogP contribution in [0.2, 0.25) is 0 Å². The van der Waals surface area contributed by atoms with Gasteiger partial charge in [-0.25, -0.2) is 13.2 Å². The summed E-state index contributed by atoms with van der Waals surface area (Å²) in [5, 5.41) is 0. The molecule has 1 atom stereocenters. The summed E-state index contributed by atoms with van der Waals surface area (Å²) in [5.41, 5.74) is 2.17. The van der Waals surface area contributed by atoms with Crippen molar-refractivity contribution >= 4 is 37.4 Å². The Labute approximate surface area is 174 Å². The van der Waals surface area contributed by atoms with Gasteiger partial charge in [0.2, 0.25) is 0 Å². The topological polar surface area (TPSA) is 72.8 Å². The van der Waals surface area contributed by atoms with Gasteiger partial charge in [0.15, 0.2) is 9.84 Å². The Kier molecular flexibility index (Phi) is 7.55. The molecule has 0 spiro atoms. The summed E-state index contributed by atoms with van der Waals surface area (Å²) in [6.45, 7) is 4.04. The molecule has 7 heteroatoms. The molecule has 2 aromatic carbocycles. The van der Waals surface area contributed by atoms with E-state index in [1.807, 2.05) is 38.1 Å². The third-order valence-corrected chi connectivity index (χ3v) is 5.78. The van der Waals surface area contributed by atoms with E-state index in [1.165, 1.54) is 13.4 Å². The molecule has 2 aromatic rings. The van der Waals surface area contributed by atoms with Crippen molar-refractivity contribution in [3.05, 3.63) is 64.1 Å². The monoisotopic (exact) mass is 465 g/mol. The zero-order valence-corrected chi connectivity index (χ0v) is 18.7. The van der Waals surface area contributed by atoms with Crippen molar-refractivity contribution in [2.75, 3.05) is 13.4 Å². The first kappa shape index (κ1) is 22.3. The summed E-state index contributed by atoms with van der Waals surface area (Å²) in [4.78, 5) is 17.2. The van der Waals surface area contributed by atoms with E-state index in [1.54, 1.807) is 24.3 Å². The quantitative estimate of drug-likeness (QED) is 0.451. The number of nitrogens with zero attached hydrogens (tertiary/aromatic N) is 1. The molecule has 0 heterocycles. The number of esters is 1. The van der Waals surface area contributed by atoms with E-state index in [0.29, 0.717) is 12.1 Å². The van der Waals surface area contributed by atoms with E-state index >= 15 is 0 Å². The maximum atomic E-state index is 12.3. The van der Waals surface area contributed by atoms with Gasteiger partial charge in [-0.3, -0.25) is 4.99 Å². The predicted molar refractivity (Wildman–Crippen MR) is 115 cm³/mol. The van der Waals surface area contributed by atoms with E-state index in [2.05, 4.69) is 15.9 Å². The van der Waals surface area contributed by atoms with Crippen LogP contribution in [-0.4, -0.2) is 39.5 Å². The van der Waals surface area contributed by atoms with E-state index in [-0.39, 0.29) is 10.8 Å². The van der Waals surface area contributed by atoms with Gasteiger partial charge in [-0.2, -0.15) is 0 Å². The van der Waals surface area contributed by atoms with Crippen LogP contribution in [0.1, 0.15) is 31.4 Å². The van der Waals surface area contributed by atoms with Crippen LogP contribution in [-0.2, 0) is 19.4 Å². The van der Waals surface area contributed by atoms with Gasteiger partial charge in [0.1, 0.15) is 6.04 Å². The van der Waals surface area contributed by atoms with Crippen LogP contribution in [0.15, 0.2) is 62.9 Å². The molecule has 0 aliphatic rings. The van der Waals surface area contributed by atoms with Gasteiger partial charge in [0, 0.05) is 21.9 Å². The predicted octanol–water partition coefficient (Wildman–Crippen LogP) is 4.28. The maximum Gasteiger partial charge on any atom is 0.330 e. The van der Waals surface area contributed by atoms with Crippen LogP contribution < -0.4 is 0 Å². The number of methoxy groups -OCH3 is 1. The number of hydrogen-bond donors (Lipinski definition) is 0. The number of carbonyl (C=O) groups excluding carboxylic acids is 1. The molecule has 0 fully saturated rings. The van der Waals surface area contributed by atoms with E-state index < -0.39 is 21.8 Å². The Morgan fingerprint density at radius 3 is 1.96 bits per heavy atom. The maximum absolute atomic E-state index is 12.3. The molecule has 0 saturated carbocycles. The number of benzene rings is 2. The summed E-state index contributed by atoms with van der Waals surface area (Å²) in [6, 6.07) is 13.5. The molecule has 0 amide bonds. The third-order valence-electron chi connectivity index (χ3n) is 4.13. The lowest BCUT2D eigenvalue weighted by Gasteiger charge is -2.16. The molecule has 0 saturated heterocycles. The molecule has 0 radical (unpaired) electrons.